The van der Waals surface area contributed by atoms with Crippen LogP contribution in [0.25, 0.3) is 10.9 Å². The number of pyridine rings is 1. The van der Waals surface area contributed by atoms with Crippen molar-refractivity contribution in [3.63, 3.8) is 0 Å². The van der Waals surface area contributed by atoms with Crippen molar-refractivity contribution >= 4 is 10.9 Å². The van der Waals surface area contributed by atoms with Crippen LogP contribution in [0.3, 0.4) is 0 Å². The van der Waals surface area contributed by atoms with Gasteiger partial charge >= 0.3 is 0 Å². The van der Waals surface area contributed by atoms with Gasteiger partial charge in [0.1, 0.15) is 5.75 Å². The van der Waals surface area contributed by atoms with Crippen LogP contribution in [-0.2, 0) is 24.4 Å². The van der Waals surface area contributed by atoms with E-state index in [1.54, 1.807) is 18.9 Å². The minimum Gasteiger partial charge on any atom is -0.497 e. The van der Waals surface area contributed by atoms with Gasteiger partial charge in [0.15, 0.2) is 5.82 Å². The smallest absolute Gasteiger partial charge is 0.252 e. The van der Waals surface area contributed by atoms with Gasteiger partial charge in [-0.1, -0.05) is 43.7 Å². The lowest BCUT2D eigenvalue weighted by Gasteiger charge is -2.33. The van der Waals surface area contributed by atoms with Crippen molar-refractivity contribution in [2.24, 2.45) is 5.92 Å². The summed E-state index contributed by atoms with van der Waals surface area (Å²) in [5.74, 6) is 1.65. The average Bonchev–Trinajstić information content (AvgIpc) is 3.31. The van der Waals surface area contributed by atoms with Crippen LogP contribution in [-0.4, -0.2) is 50.9 Å². The molecule has 190 valence electrons. The number of nitrogens with zero attached hydrogens (tertiary/aromatic N) is 5. The average molecular weight is 491 g/mol. The summed E-state index contributed by atoms with van der Waals surface area (Å²) in [6.07, 6.45) is 0. The van der Waals surface area contributed by atoms with Gasteiger partial charge < -0.3 is 14.5 Å². The molecule has 0 aliphatic heterocycles. The summed E-state index contributed by atoms with van der Waals surface area (Å²) in [5.41, 5.74) is 3.67. The van der Waals surface area contributed by atoms with E-state index >= 15 is 0 Å². The number of H-pyrrole nitrogens is 1. The molecule has 4 rings (SSSR count). The Kier molecular flexibility index (Phi) is 8.12. The molecular weight excluding hydrogens is 456 g/mol. The lowest BCUT2D eigenvalue weighted by molar-refractivity contribution is 0.121. The summed E-state index contributed by atoms with van der Waals surface area (Å²) in [6.45, 7) is 8.52. The highest BCUT2D eigenvalue weighted by Gasteiger charge is 2.30. The Bertz CT molecular complexity index is 1350. The van der Waals surface area contributed by atoms with Gasteiger partial charge in [-0.05, 0) is 52.4 Å². The lowest BCUT2D eigenvalue weighted by Crippen LogP contribution is -2.35. The summed E-state index contributed by atoms with van der Waals surface area (Å²) in [4.78, 5) is 18.5. The van der Waals surface area contributed by atoms with Gasteiger partial charge in [-0.2, -0.15) is 0 Å². The standard InChI is InChI=1S/C27H34N6O3/c1-18(2)25(26-29-30-31-33(26)12-13-35-4)32(16-20-8-6-19(3)7-9-20)17-22-14-21-10-11-23(36-5)15-24(21)28-27(22)34/h6-11,14-15,18,25H,12-13,16-17H2,1-5H3,(H,28,34). The Morgan fingerprint density at radius 2 is 1.83 bits per heavy atom. The number of tetrazole rings is 1. The molecule has 2 aromatic carbocycles. The molecule has 4 aromatic rings. The first kappa shape index (κ1) is 25.5. The van der Waals surface area contributed by atoms with E-state index in [9.17, 15) is 4.79 Å². The van der Waals surface area contributed by atoms with E-state index in [4.69, 9.17) is 9.47 Å². The van der Waals surface area contributed by atoms with Crippen molar-refractivity contribution < 1.29 is 9.47 Å². The van der Waals surface area contributed by atoms with Gasteiger partial charge in [0.05, 0.1) is 31.8 Å². The molecule has 0 fully saturated rings. The molecule has 9 heteroatoms. The van der Waals surface area contributed by atoms with Gasteiger partial charge in [-0.15, -0.1) is 5.10 Å². The van der Waals surface area contributed by atoms with Gasteiger partial charge in [-0.25, -0.2) is 4.68 Å². The summed E-state index contributed by atoms with van der Waals surface area (Å²) in [7, 11) is 3.28. The Morgan fingerprint density at radius 3 is 2.53 bits per heavy atom. The zero-order valence-electron chi connectivity index (χ0n) is 21.6. The first-order chi connectivity index (χ1) is 17.4. The predicted octanol–water partition coefficient (Wildman–Crippen LogP) is 3.88. The van der Waals surface area contributed by atoms with E-state index < -0.39 is 0 Å². The van der Waals surface area contributed by atoms with Crippen LogP contribution >= 0.6 is 0 Å². The molecule has 0 saturated carbocycles. The third kappa shape index (κ3) is 5.80. The molecule has 9 nitrogen and oxygen atoms in total. The molecule has 0 spiro atoms. The van der Waals surface area contributed by atoms with Gasteiger partial charge in [0.25, 0.3) is 5.56 Å². The summed E-state index contributed by atoms with van der Waals surface area (Å²) < 4.78 is 12.4. The molecule has 2 aromatic heterocycles. The number of hydrogen-bond acceptors (Lipinski definition) is 7. The number of methoxy groups -OCH3 is 2. The SMILES string of the molecule is COCCn1nnnc1C(C(C)C)N(Cc1ccc(C)cc1)Cc1cc2ccc(OC)cc2[nH]c1=O. The second-order valence-electron chi connectivity index (χ2n) is 9.41. The Hall–Kier alpha value is -3.56. The van der Waals surface area contributed by atoms with E-state index in [1.807, 2.05) is 24.3 Å². The maximum Gasteiger partial charge on any atom is 0.252 e. The molecule has 0 saturated heterocycles. The third-order valence-corrected chi connectivity index (χ3v) is 6.37. The van der Waals surface area contributed by atoms with E-state index in [0.717, 1.165) is 22.3 Å². The highest BCUT2D eigenvalue weighted by Crippen LogP contribution is 2.30. The normalized spacial score (nSPS) is 12.5. The first-order valence-corrected chi connectivity index (χ1v) is 12.1. The predicted molar refractivity (Wildman–Crippen MR) is 139 cm³/mol. The molecule has 0 amide bonds. The van der Waals surface area contributed by atoms with Crippen molar-refractivity contribution in [1.82, 2.24) is 30.1 Å². The monoisotopic (exact) mass is 490 g/mol. The van der Waals surface area contributed by atoms with Crippen molar-refractivity contribution in [3.8, 4) is 5.75 Å². The largest absolute Gasteiger partial charge is 0.497 e. The fourth-order valence-corrected chi connectivity index (χ4v) is 4.51. The third-order valence-electron chi connectivity index (χ3n) is 6.37. The van der Waals surface area contributed by atoms with E-state index in [2.05, 4.69) is 70.4 Å². The number of aryl methyl sites for hydroxylation is 1. The number of ether oxygens (including phenoxy) is 2. The lowest BCUT2D eigenvalue weighted by atomic mass is 9.99. The zero-order chi connectivity index (χ0) is 25.7. The van der Waals surface area contributed by atoms with Gasteiger partial charge in [-0.3, -0.25) is 9.69 Å². The minimum absolute atomic E-state index is 0.119. The molecule has 0 radical (unpaired) electrons. The van der Waals surface area contributed by atoms with Gasteiger partial charge in [0.2, 0.25) is 0 Å². The zero-order valence-corrected chi connectivity index (χ0v) is 21.6. The molecule has 36 heavy (non-hydrogen) atoms. The fourth-order valence-electron chi connectivity index (χ4n) is 4.51. The van der Waals surface area contributed by atoms with Crippen LogP contribution < -0.4 is 10.3 Å². The molecule has 0 bridgehead atoms. The van der Waals surface area contributed by atoms with Crippen LogP contribution in [0.4, 0.5) is 0 Å². The number of aromatic amines is 1. The molecule has 1 atom stereocenters. The van der Waals surface area contributed by atoms with Crippen molar-refractivity contribution in [3.05, 3.63) is 81.4 Å². The van der Waals surface area contributed by atoms with Crippen LogP contribution in [0, 0.1) is 12.8 Å². The number of rotatable bonds is 11. The number of nitrogens with one attached hydrogen (secondary N) is 1. The van der Waals surface area contributed by atoms with E-state index in [-0.39, 0.29) is 17.5 Å². The fraction of sp³-hybridized carbons (Fsp3) is 0.407. The number of hydrogen-bond donors (Lipinski definition) is 1. The Balaban J connectivity index is 1.75. The van der Waals surface area contributed by atoms with Crippen molar-refractivity contribution in [1.29, 1.82) is 0 Å². The van der Waals surface area contributed by atoms with Crippen LogP contribution in [0.2, 0.25) is 0 Å². The molecule has 0 aliphatic carbocycles. The molecule has 0 aliphatic rings. The number of fused-ring (bicyclic) bond motifs is 1. The van der Waals surface area contributed by atoms with Gasteiger partial charge in [0, 0.05) is 31.8 Å². The summed E-state index contributed by atoms with van der Waals surface area (Å²) in [5, 5.41) is 13.5. The number of benzene rings is 2. The second kappa shape index (κ2) is 11.5. The second-order valence-corrected chi connectivity index (χ2v) is 9.41. The maximum absolute atomic E-state index is 13.2. The molecule has 2 heterocycles. The molecule has 1 unspecified atom stereocenters. The quantitative estimate of drug-likeness (QED) is 0.341. The molecule has 1 N–H and O–H groups in total. The maximum atomic E-state index is 13.2. The molecular formula is C27H34N6O3. The summed E-state index contributed by atoms with van der Waals surface area (Å²) in [6, 6.07) is 16.0. The van der Waals surface area contributed by atoms with Crippen molar-refractivity contribution in [2.75, 3.05) is 20.8 Å². The first-order valence-electron chi connectivity index (χ1n) is 12.1. The topological polar surface area (TPSA) is 98.2 Å². The van der Waals surface area contributed by atoms with Crippen LogP contribution in [0.15, 0.2) is 53.3 Å². The van der Waals surface area contributed by atoms with E-state index in [0.29, 0.717) is 37.6 Å². The Labute approximate surface area is 211 Å². The van der Waals surface area contributed by atoms with E-state index in [1.165, 1.54) is 5.56 Å². The Morgan fingerprint density at radius 1 is 1.06 bits per heavy atom. The minimum atomic E-state index is -0.121. The number of aromatic nitrogens is 5. The summed E-state index contributed by atoms with van der Waals surface area (Å²) >= 11 is 0. The highest BCUT2D eigenvalue weighted by atomic mass is 16.5. The van der Waals surface area contributed by atoms with Crippen LogP contribution in [0.5, 0.6) is 5.75 Å². The van der Waals surface area contributed by atoms with Crippen molar-refractivity contribution in [2.45, 2.75) is 46.4 Å². The van der Waals surface area contributed by atoms with Crippen LogP contribution in [0.1, 0.15) is 42.4 Å². The highest BCUT2D eigenvalue weighted by molar-refractivity contribution is 5.80.